The molecule has 0 radical (unpaired) electrons. The molecule has 1 aromatic carbocycles. The molecule has 0 aliphatic rings. The minimum Gasteiger partial charge on any atom is -0.303 e. The van der Waals surface area contributed by atoms with Crippen molar-refractivity contribution in [1.29, 1.82) is 0 Å². The molecule has 0 fully saturated rings. The van der Waals surface area contributed by atoms with Gasteiger partial charge in [-0.1, -0.05) is 49.8 Å². The van der Waals surface area contributed by atoms with Gasteiger partial charge in [-0.2, -0.15) is 0 Å². The maximum atomic E-state index is 11.7. The van der Waals surface area contributed by atoms with Crippen LogP contribution >= 0.6 is 17.0 Å². The number of carbonyl (C=O) groups is 1. The maximum Gasteiger partial charge on any atom is 0.156 e. The highest BCUT2D eigenvalue weighted by Gasteiger charge is 2.02. The van der Waals surface area contributed by atoms with Crippen molar-refractivity contribution >= 4 is 28.8 Å². The fraction of sp³-hybridized carbons (Fsp3) is 0.438. The highest BCUT2D eigenvalue weighted by atomic mass is 79.9. The molecule has 1 aromatic rings. The molecule has 0 heterocycles. The SMILES string of the molecule is Br.CCN(CC)CCC(=O)/C=C/c1ccc(C)cc1. The summed E-state index contributed by atoms with van der Waals surface area (Å²) in [5.74, 6) is 0.197. The maximum absolute atomic E-state index is 11.7. The second-order valence-corrected chi connectivity index (χ2v) is 4.49. The normalized spacial score (nSPS) is 10.7. The van der Waals surface area contributed by atoms with E-state index in [9.17, 15) is 4.79 Å². The van der Waals surface area contributed by atoms with Crippen molar-refractivity contribution in [2.45, 2.75) is 27.2 Å². The fourth-order valence-corrected chi connectivity index (χ4v) is 1.76. The average molecular weight is 326 g/mol. The Morgan fingerprint density at radius 1 is 1.16 bits per heavy atom. The minimum atomic E-state index is 0. The Morgan fingerprint density at radius 2 is 1.74 bits per heavy atom. The second-order valence-electron chi connectivity index (χ2n) is 4.49. The largest absolute Gasteiger partial charge is 0.303 e. The van der Waals surface area contributed by atoms with Crippen LogP contribution in [0.25, 0.3) is 6.08 Å². The lowest BCUT2D eigenvalue weighted by molar-refractivity contribution is -0.114. The van der Waals surface area contributed by atoms with Gasteiger partial charge in [-0.25, -0.2) is 0 Å². The third-order valence-electron chi connectivity index (χ3n) is 3.11. The van der Waals surface area contributed by atoms with Crippen LogP contribution in [0.5, 0.6) is 0 Å². The number of aryl methyl sites for hydroxylation is 1. The molecule has 0 aliphatic carbocycles. The van der Waals surface area contributed by atoms with Gasteiger partial charge in [0.05, 0.1) is 0 Å². The molecule has 0 amide bonds. The van der Waals surface area contributed by atoms with Crippen LogP contribution < -0.4 is 0 Å². The smallest absolute Gasteiger partial charge is 0.156 e. The van der Waals surface area contributed by atoms with Crippen LogP contribution in [-0.4, -0.2) is 30.3 Å². The van der Waals surface area contributed by atoms with E-state index in [-0.39, 0.29) is 22.8 Å². The molecular formula is C16H24BrNO. The Bertz CT molecular complexity index is 394. The van der Waals surface area contributed by atoms with Crippen molar-refractivity contribution in [3.8, 4) is 0 Å². The highest BCUT2D eigenvalue weighted by molar-refractivity contribution is 8.93. The summed E-state index contributed by atoms with van der Waals surface area (Å²) >= 11 is 0. The summed E-state index contributed by atoms with van der Waals surface area (Å²) in [6.45, 7) is 9.16. The van der Waals surface area contributed by atoms with Crippen LogP contribution in [0.1, 0.15) is 31.4 Å². The lowest BCUT2D eigenvalue weighted by Gasteiger charge is -2.16. The predicted octanol–water partition coefficient (Wildman–Crippen LogP) is 3.89. The summed E-state index contributed by atoms with van der Waals surface area (Å²) in [5.41, 5.74) is 2.32. The third kappa shape index (κ3) is 7.28. The van der Waals surface area contributed by atoms with Crippen molar-refractivity contribution in [2.24, 2.45) is 0 Å². The molecule has 3 heteroatoms. The lowest BCUT2D eigenvalue weighted by Crippen LogP contribution is -2.25. The van der Waals surface area contributed by atoms with E-state index >= 15 is 0 Å². The second kappa shape index (κ2) is 9.93. The van der Waals surface area contributed by atoms with E-state index in [1.165, 1.54) is 5.56 Å². The molecule has 0 aromatic heterocycles. The number of nitrogens with zero attached hydrogens (tertiary/aromatic N) is 1. The zero-order chi connectivity index (χ0) is 13.4. The number of carbonyl (C=O) groups excluding carboxylic acids is 1. The summed E-state index contributed by atoms with van der Waals surface area (Å²) in [4.78, 5) is 14.0. The molecular weight excluding hydrogens is 302 g/mol. The summed E-state index contributed by atoms with van der Waals surface area (Å²) < 4.78 is 0. The zero-order valence-corrected chi connectivity index (χ0v) is 13.8. The highest BCUT2D eigenvalue weighted by Crippen LogP contribution is 2.05. The number of halogens is 1. The average Bonchev–Trinajstić information content (AvgIpc) is 2.39. The van der Waals surface area contributed by atoms with Gasteiger partial charge in [0, 0.05) is 13.0 Å². The molecule has 19 heavy (non-hydrogen) atoms. The van der Waals surface area contributed by atoms with Crippen LogP contribution in [0.3, 0.4) is 0 Å². The Balaban J connectivity index is 0.00000324. The van der Waals surface area contributed by atoms with E-state index in [1.807, 2.05) is 18.2 Å². The standard InChI is InChI=1S/C16H23NO.BrH/c1-4-17(5-2)13-12-16(18)11-10-15-8-6-14(3)7-9-15;/h6-11H,4-5,12-13H2,1-3H3;1H/b11-10+;. The molecule has 0 aliphatic heterocycles. The van der Waals surface area contributed by atoms with Gasteiger partial charge in [-0.3, -0.25) is 4.79 Å². The zero-order valence-electron chi connectivity index (χ0n) is 12.1. The number of ketones is 1. The van der Waals surface area contributed by atoms with E-state index in [1.54, 1.807) is 6.08 Å². The summed E-state index contributed by atoms with van der Waals surface area (Å²) in [6.07, 6.45) is 4.18. The van der Waals surface area contributed by atoms with Gasteiger partial charge in [0.1, 0.15) is 0 Å². The number of hydrogen-bond acceptors (Lipinski definition) is 2. The van der Waals surface area contributed by atoms with Crippen molar-refractivity contribution in [1.82, 2.24) is 4.90 Å². The topological polar surface area (TPSA) is 20.3 Å². The Morgan fingerprint density at radius 3 is 2.26 bits per heavy atom. The van der Waals surface area contributed by atoms with Crippen LogP contribution in [0.2, 0.25) is 0 Å². The summed E-state index contributed by atoms with van der Waals surface area (Å²) in [6, 6.07) is 8.17. The number of benzene rings is 1. The molecule has 106 valence electrons. The van der Waals surface area contributed by atoms with Crippen LogP contribution in [-0.2, 0) is 4.79 Å². The Kier molecular flexibility index (Phi) is 9.44. The van der Waals surface area contributed by atoms with Crippen LogP contribution in [0.4, 0.5) is 0 Å². The lowest BCUT2D eigenvalue weighted by atomic mass is 10.1. The summed E-state index contributed by atoms with van der Waals surface area (Å²) in [5, 5.41) is 0. The first-order valence-electron chi connectivity index (χ1n) is 6.65. The van der Waals surface area contributed by atoms with Crippen molar-refractivity contribution in [3.05, 3.63) is 41.5 Å². The van der Waals surface area contributed by atoms with Gasteiger partial charge in [0.25, 0.3) is 0 Å². The molecule has 1 rings (SSSR count). The third-order valence-corrected chi connectivity index (χ3v) is 3.11. The number of hydrogen-bond donors (Lipinski definition) is 0. The van der Waals surface area contributed by atoms with E-state index < -0.39 is 0 Å². The molecule has 0 spiro atoms. The van der Waals surface area contributed by atoms with Gasteiger partial charge in [0.15, 0.2) is 5.78 Å². The van der Waals surface area contributed by atoms with E-state index in [4.69, 9.17) is 0 Å². The van der Waals surface area contributed by atoms with Crippen molar-refractivity contribution < 1.29 is 4.79 Å². The van der Waals surface area contributed by atoms with Crippen LogP contribution in [0.15, 0.2) is 30.3 Å². The Hall–Kier alpha value is -0.930. The monoisotopic (exact) mass is 325 g/mol. The molecule has 0 saturated heterocycles. The van der Waals surface area contributed by atoms with Gasteiger partial charge in [-0.05, 0) is 31.7 Å². The van der Waals surface area contributed by atoms with E-state index in [0.29, 0.717) is 6.42 Å². The van der Waals surface area contributed by atoms with E-state index in [0.717, 1.165) is 25.2 Å². The van der Waals surface area contributed by atoms with Gasteiger partial charge < -0.3 is 4.90 Å². The molecule has 0 bridgehead atoms. The molecule has 0 N–H and O–H groups in total. The van der Waals surface area contributed by atoms with Gasteiger partial charge in [0.2, 0.25) is 0 Å². The fourth-order valence-electron chi connectivity index (χ4n) is 1.76. The van der Waals surface area contributed by atoms with Crippen LogP contribution in [0, 0.1) is 6.92 Å². The van der Waals surface area contributed by atoms with Gasteiger partial charge >= 0.3 is 0 Å². The van der Waals surface area contributed by atoms with Crippen molar-refractivity contribution in [2.75, 3.05) is 19.6 Å². The molecule has 0 saturated carbocycles. The summed E-state index contributed by atoms with van der Waals surface area (Å²) in [7, 11) is 0. The first-order chi connectivity index (χ1) is 8.65. The quantitative estimate of drug-likeness (QED) is 0.709. The van der Waals surface area contributed by atoms with Gasteiger partial charge in [-0.15, -0.1) is 17.0 Å². The van der Waals surface area contributed by atoms with Crippen molar-refractivity contribution in [3.63, 3.8) is 0 Å². The molecule has 0 unspecified atom stereocenters. The first kappa shape index (κ1) is 18.1. The minimum absolute atomic E-state index is 0. The Labute approximate surface area is 127 Å². The number of allylic oxidation sites excluding steroid dienone is 1. The first-order valence-corrected chi connectivity index (χ1v) is 6.65. The van der Waals surface area contributed by atoms with E-state index in [2.05, 4.69) is 37.8 Å². The molecule has 0 atom stereocenters. The predicted molar refractivity (Wildman–Crippen MR) is 87.9 cm³/mol. The molecule has 2 nitrogen and oxygen atoms in total. The number of rotatable bonds is 7.